The predicted octanol–water partition coefficient (Wildman–Crippen LogP) is 5.55. The fourth-order valence-electron chi connectivity index (χ4n) is 4.45. The largest absolute Gasteiger partial charge is 0.460 e. The highest BCUT2D eigenvalue weighted by atomic mass is 127. The molecule has 1 radical (unpaired) electrons. The van der Waals surface area contributed by atoms with Crippen LogP contribution in [-0.2, 0) is 7.86 Å². The SMILES string of the molecule is O=C(O[I+](c1ccc2ccc(=O)oc2c1)c1ccc2oc3ccccc3c(=O)c2c1)C(F)(F)C(F)(F)C(F)(F)C(F)(F)C(F)(F)C(F)(F)C(F)(F)F. The molecule has 0 saturated carbocycles. The van der Waals surface area contributed by atoms with Crippen LogP contribution in [0.3, 0.4) is 0 Å². The summed E-state index contributed by atoms with van der Waals surface area (Å²) in [7, 11) is 0. The van der Waals surface area contributed by atoms with E-state index in [2.05, 4.69) is 3.07 Å². The lowest BCUT2D eigenvalue weighted by atomic mass is 9.91. The summed E-state index contributed by atoms with van der Waals surface area (Å²) in [5, 5.41) is -0.344. The number of halogens is 16. The van der Waals surface area contributed by atoms with Crippen molar-refractivity contribution < 1.29 is 103 Å². The molecule has 0 spiro atoms. The molecule has 0 aliphatic heterocycles. The summed E-state index contributed by atoms with van der Waals surface area (Å²) in [5.74, 6) is -53.2. The van der Waals surface area contributed by atoms with E-state index in [9.17, 15) is 80.2 Å². The molecule has 0 fully saturated rings. The first-order valence-electron chi connectivity index (χ1n) is 13.5. The fraction of sp³-hybridized carbons (Fsp3) is 0.233. The van der Waals surface area contributed by atoms with E-state index < -0.39 is 86.1 Å². The van der Waals surface area contributed by atoms with E-state index in [0.29, 0.717) is 0 Å². The van der Waals surface area contributed by atoms with Crippen molar-refractivity contribution in [2.75, 3.05) is 0 Å². The zero-order chi connectivity index (χ0) is 39.0. The van der Waals surface area contributed by atoms with Gasteiger partial charge in [0.1, 0.15) is 16.7 Å². The molecule has 52 heavy (non-hydrogen) atoms. The summed E-state index contributed by atoms with van der Waals surface area (Å²) in [6.07, 6.45) is -7.80. The second kappa shape index (κ2) is 12.3. The van der Waals surface area contributed by atoms with Crippen molar-refractivity contribution in [3.8, 4) is 0 Å². The molecule has 0 bridgehead atoms. The highest BCUT2D eigenvalue weighted by Gasteiger charge is 2.94. The maximum Gasteiger partial charge on any atom is 0.460 e. The molecule has 22 heteroatoms. The van der Waals surface area contributed by atoms with Gasteiger partial charge in [-0.3, -0.25) is 4.79 Å². The average molecular weight is 880 g/mol. The third kappa shape index (κ3) is 5.72. The molecule has 5 rings (SSSR count). The second-order valence-electron chi connectivity index (χ2n) is 10.6. The Morgan fingerprint density at radius 3 is 1.69 bits per heavy atom. The number of fused-ring (bicyclic) bond motifs is 3. The first-order chi connectivity index (χ1) is 23.7. The molecular weight excluding hydrogens is 868 g/mol. The van der Waals surface area contributed by atoms with Crippen LogP contribution >= 0.6 is 0 Å². The normalized spacial score (nSPS) is 14.1. The Morgan fingerprint density at radius 1 is 0.538 bits per heavy atom. The van der Waals surface area contributed by atoms with Crippen molar-refractivity contribution in [3.05, 3.63) is 101 Å². The standard InChI is InChI=1S/C30H12F15IO6/c31-24(32,25(33,34)26(35,36)27(37,38)28(39,40)29(41,42)30(43,44)45)23(49)52-46(15-7-5-13-6-10-21(47)51-20(13)12-15)14-8-9-19-17(11-14)22(48)16-3-1-2-4-18(16)50-19/h1-12H/q+1. The summed E-state index contributed by atoms with van der Waals surface area (Å²) in [5.41, 5.74) is -2.36. The van der Waals surface area contributed by atoms with Gasteiger partial charge in [0.05, 0.1) is 10.8 Å². The van der Waals surface area contributed by atoms with Crippen molar-refractivity contribution in [2.24, 2.45) is 0 Å². The fourth-order valence-corrected chi connectivity index (χ4v) is 8.53. The minimum absolute atomic E-state index is 0.0391. The quantitative estimate of drug-likeness (QED) is 0.0837. The van der Waals surface area contributed by atoms with Gasteiger partial charge in [0.25, 0.3) is 0 Å². The van der Waals surface area contributed by atoms with Gasteiger partial charge >= 0.3 is 73.5 Å². The van der Waals surface area contributed by atoms with E-state index in [-0.39, 0.29) is 32.9 Å². The number of hydrogen-bond acceptors (Lipinski definition) is 6. The molecular formula is C30H12F15IO6+. The molecule has 6 nitrogen and oxygen atoms in total. The Balaban J connectivity index is 1.63. The molecule has 0 N–H and O–H groups in total. The Kier molecular flexibility index (Phi) is 9.15. The average Bonchev–Trinajstić information content (AvgIpc) is 3.05. The number of para-hydroxylation sites is 1. The Labute approximate surface area is 283 Å². The highest BCUT2D eigenvalue weighted by Crippen LogP contribution is 2.62. The number of carbonyl (C=O) groups excluding carboxylic acids is 1. The van der Waals surface area contributed by atoms with Crippen molar-refractivity contribution in [1.82, 2.24) is 0 Å². The minimum atomic E-state index is -8.62. The lowest BCUT2D eigenvalue weighted by Gasteiger charge is -2.40. The third-order valence-electron chi connectivity index (χ3n) is 7.25. The Bertz CT molecular complexity index is 2330. The topological polar surface area (TPSA) is 86.7 Å². The lowest BCUT2D eigenvalue weighted by molar-refractivity contribution is -1.04. The molecule has 279 valence electrons. The first-order valence-corrected chi connectivity index (χ1v) is 16.5. The smallest absolute Gasteiger partial charge is 0.456 e. The van der Waals surface area contributed by atoms with Gasteiger partial charge in [-0.15, -0.1) is 0 Å². The Hall–Kier alpha value is -4.51. The summed E-state index contributed by atoms with van der Waals surface area (Å²) < 4.78 is 221. The van der Waals surface area contributed by atoms with Gasteiger partial charge in [-0.25, -0.2) is 12.7 Å². The van der Waals surface area contributed by atoms with E-state index in [1.807, 2.05) is 0 Å². The lowest BCUT2D eigenvalue weighted by Crippen LogP contribution is -3.85. The zero-order valence-corrected chi connectivity index (χ0v) is 26.6. The number of benzene rings is 3. The molecule has 5 aromatic rings. The maximum absolute atomic E-state index is 14.9. The first kappa shape index (κ1) is 38.7. The molecule has 2 heterocycles. The third-order valence-corrected chi connectivity index (χ3v) is 11.7. The van der Waals surface area contributed by atoms with Crippen molar-refractivity contribution in [2.45, 2.75) is 41.7 Å². The van der Waals surface area contributed by atoms with Gasteiger partial charge in [-0.1, -0.05) is 12.1 Å². The summed E-state index contributed by atoms with van der Waals surface area (Å²) in [6, 6.07) is 13.2. The van der Waals surface area contributed by atoms with E-state index in [1.165, 1.54) is 24.3 Å². The van der Waals surface area contributed by atoms with Crippen LogP contribution in [0.5, 0.6) is 0 Å². The van der Waals surface area contributed by atoms with E-state index in [1.54, 1.807) is 0 Å². The van der Waals surface area contributed by atoms with Gasteiger partial charge in [0.15, 0.2) is 7.14 Å². The summed E-state index contributed by atoms with van der Waals surface area (Å²) >= 11 is -4.78. The van der Waals surface area contributed by atoms with Crippen LogP contribution in [0.25, 0.3) is 32.9 Å². The van der Waals surface area contributed by atoms with Crippen LogP contribution in [0.4, 0.5) is 65.9 Å². The van der Waals surface area contributed by atoms with Crippen molar-refractivity contribution >= 4 is 38.9 Å². The molecule has 0 aliphatic rings. The molecule has 0 saturated heterocycles. The summed E-state index contributed by atoms with van der Waals surface area (Å²) in [4.78, 5) is 37.5. The zero-order valence-electron chi connectivity index (χ0n) is 24.4. The monoisotopic (exact) mass is 880 g/mol. The van der Waals surface area contributed by atoms with Crippen LogP contribution in [0.1, 0.15) is 0 Å². The molecule has 3 aromatic carbocycles. The molecule has 0 unspecified atom stereocenters. The second-order valence-corrected chi connectivity index (χ2v) is 14.9. The molecule has 0 amide bonds. The van der Waals surface area contributed by atoms with Gasteiger partial charge in [0.2, 0.25) is 5.43 Å². The van der Waals surface area contributed by atoms with Crippen LogP contribution in [0.15, 0.2) is 91.2 Å². The number of hydrogen-bond donors (Lipinski definition) is 0. The van der Waals surface area contributed by atoms with Gasteiger partial charge in [-0.05, 0) is 42.5 Å². The molecule has 0 aliphatic carbocycles. The van der Waals surface area contributed by atoms with E-state index in [0.717, 1.165) is 48.5 Å². The predicted molar refractivity (Wildman–Crippen MR) is 142 cm³/mol. The van der Waals surface area contributed by atoms with Crippen molar-refractivity contribution in [1.29, 1.82) is 0 Å². The molecule has 0 atom stereocenters. The number of carbonyl (C=O) groups is 1. The maximum atomic E-state index is 14.9. The Morgan fingerprint density at radius 2 is 1.06 bits per heavy atom. The van der Waals surface area contributed by atoms with E-state index >= 15 is 0 Å². The van der Waals surface area contributed by atoms with Crippen LogP contribution in [-0.4, -0.2) is 47.7 Å². The van der Waals surface area contributed by atoms with Crippen LogP contribution in [0.2, 0.25) is 0 Å². The molecule has 2 aromatic heterocycles. The van der Waals surface area contributed by atoms with Gasteiger partial charge in [-0.2, -0.15) is 65.9 Å². The summed E-state index contributed by atoms with van der Waals surface area (Å²) in [6.45, 7) is 0. The minimum Gasteiger partial charge on any atom is -0.456 e. The van der Waals surface area contributed by atoms with Gasteiger partial charge in [0, 0.05) is 23.6 Å². The van der Waals surface area contributed by atoms with Crippen LogP contribution in [0, 0.1) is 7.14 Å². The number of alkyl halides is 15. The van der Waals surface area contributed by atoms with E-state index in [4.69, 9.17) is 8.83 Å². The van der Waals surface area contributed by atoms with Gasteiger partial charge < -0.3 is 8.83 Å². The van der Waals surface area contributed by atoms with Crippen molar-refractivity contribution in [3.63, 3.8) is 0 Å². The van der Waals surface area contributed by atoms with Crippen LogP contribution < -0.4 is 31.3 Å². The number of rotatable bonds is 9. The highest BCUT2D eigenvalue weighted by molar-refractivity contribution is 5.89.